The van der Waals surface area contributed by atoms with Crippen molar-refractivity contribution in [2.24, 2.45) is 5.14 Å². The summed E-state index contributed by atoms with van der Waals surface area (Å²) in [6.07, 6.45) is 1.74. The molecule has 0 amide bonds. The van der Waals surface area contributed by atoms with E-state index in [1.807, 2.05) is 32.0 Å². The number of nitrogens with zero attached hydrogens (tertiary/aromatic N) is 2. The Labute approximate surface area is 145 Å². The maximum Gasteiger partial charge on any atom is 0.238 e. The number of primary sulfonamides is 1. The van der Waals surface area contributed by atoms with Crippen molar-refractivity contribution in [1.29, 1.82) is 0 Å². The molecule has 8 heteroatoms. The Balaban J connectivity index is 1.91. The van der Waals surface area contributed by atoms with E-state index in [1.165, 1.54) is 12.1 Å². The van der Waals surface area contributed by atoms with Gasteiger partial charge in [-0.25, -0.2) is 23.5 Å². The predicted molar refractivity (Wildman–Crippen MR) is 96.4 cm³/mol. The summed E-state index contributed by atoms with van der Waals surface area (Å²) in [7, 11) is -3.71. The van der Waals surface area contributed by atoms with Crippen LogP contribution in [0.15, 0.2) is 53.6 Å². The van der Waals surface area contributed by atoms with E-state index in [2.05, 4.69) is 15.3 Å². The average Bonchev–Trinajstić information content (AvgIpc) is 2.54. The fourth-order valence-electron chi connectivity index (χ4n) is 2.29. The first-order chi connectivity index (χ1) is 11.8. The SMILES string of the molecule is CC(C)Oc1cccc2cnc(Nc3ccc(S(N)(=O)=O)cc3)nc12. The van der Waals surface area contributed by atoms with Gasteiger partial charge in [-0.1, -0.05) is 12.1 Å². The number of nitrogens with one attached hydrogen (secondary N) is 1. The molecule has 3 N–H and O–H groups in total. The maximum atomic E-state index is 11.3. The van der Waals surface area contributed by atoms with Crippen molar-refractivity contribution < 1.29 is 13.2 Å². The van der Waals surface area contributed by atoms with Crippen LogP contribution < -0.4 is 15.2 Å². The van der Waals surface area contributed by atoms with Crippen LogP contribution in [0.5, 0.6) is 5.75 Å². The van der Waals surface area contributed by atoms with Crippen LogP contribution in [-0.4, -0.2) is 24.5 Å². The minimum atomic E-state index is -3.71. The van der Waals surface area contributed by atoms with Crippen molar-refractivity contribution in [3.8, 4) is 5.75 Å². The lowest BCUT2D eigenvalue weighted by atomic mass is 10.2. The highest BCUT2D eigenvalue weighted by Gasteiger charge is 2.09. The first-order valence-corrected chi connectivity index (χ1v) is 9.20. The summed E-state index contributed by atoms with van der Waals surface area (Å²) in [6.45, 7) is 3.90. The van der Waals surface area contributed by atoms with Gasteiger partial charge in [-0.05, 0) is 44.2 Å². The van der Waals surface area contributed by atoms with E-state index >= 15 is 0 Å². The number of nitrogens with two attached hydrogens (primary N) is 1. The normalized spacial score (nSPS) is 11.7. The topological polar surface area (TPSA) is 107 Å². The number of ether oxygens (including phenoxy) is 1. The highest BCUT2D eigenvalue weighted by Crippen LogP contribution is 2.26. The second-order valence-electron chi connectivity index (χ2n) is 5.75. The molecule has 0 atom stereocenters. The quantitative estimate of drug-likeness (QED) is 0.726. The number of aromatic nitrogens is 2. The van der Waals surface area contributed by atoms with Gasteiger partial charge in [0.25, 0.3) is 0 Å². The Bertz CT molecular complexity index is 1000. The van der Waals surface area contributed by atoms with E-state index in [1.54, 1.807) is 18.3 Å². The molecule has 0 aliphatic carbocycles. The lowest BCUT2D eigenvalue weighted by Crippen LogP contribution is -2.11. The zero-order valence-corrected chi connectivity index (χ0v) is 14.6. The average molecular weight is 358 g/mol. The third kappa shape index (κ3) is 4.04. The summed E-state index contributed by atoms with van der Waals surface area (Å²) in [5.41, 5.74) is 1.35. The van der Waals surface area contributed by atoms with E-state index in [4.69, 9.17) is 9.88 Å². The van der Waals surface area contributed by atoms with Crippen LogP contribution in [0.4, 0.5) is 11.6 Å². The Morgan fingerprint density at radius 1 is 1.12 bits per heavy atom. The summed E-state index contributed by atoms with van der Waals surface area (Å²) >= 11 is 0. The zero-order chi connectivity index (χ0) is 18.0. The van der Waals surface area contributed by atoms with Crippen LogP contribution in [-0.2, 0) is 10.0 Å². The van der Waals surface area contributed by atoms with Crippen LogP contribution in [0.2, 0.25) is 0 Å². The summed E-state index contributed by atoms with van der Waals surface area (Å²) < 4.78 is 28.4. The number of benzene rings is 2. The van der Waals surface area contributed by atoms with E-state index in [-0.39, 0.29) is 11.0 Å². The Kier molecular flexibility index (Phi) is 4.56. The summed E-state index contributed by atoms with van der Waals surface area (Å²) in [6, 6.07) is 11.7. The third-order valence-corrected chi connectivity index (χ3v) is 4.30. The van der Waals surface area contributed by atoms with Crippen LogP contribution in [0.3, 0.4) is 0 Å². The molecule has 2 aromatic carbocycles. The molecular formula is C17H18N4O3S. The lowest BCUT2D eigenvalue weighted by Gasteiger charge is -2.12. The summed E-state index contributed by atoms with van der Waals surface area (Å²) in [4.78, 5) is 8.82. The van der Waals surface area contributed by atoms with Gasteiger partial charge in [-0.2, -0.15) is 0 Å². The molecule has 0 spiro atoms. The van der Waals surface area contributed by atoms with Gasteiger partial charge < -0.3 is 10.1 Å². The van der Waals surface area contributed by atoms with E-state index in [0.717, 1.165) is 5.39 Å². The number of rotatable bonds is 5. The molecule has 0 unspecified atom stereocenters. The van der Waals surface area contributed by atoms with Gasteiger partial charge in [0.15, 0.2) is 0 Å². The van der Waals surface area contributed by atoms with Gasteiger partial charge in [0.05, 0.1) is 11.0 Å². The summed E-state index contributed by atoms with van der Waals surface area (Å²) in [5.74, 6) is 1.07. The molecule has 1 aromatic heterocycles. The number of sulfonamides is 1. The smallest absolute Gasteiger partial charge is 0.238 e. The molecule has 7 nitrogen and oxygen atoms in total. The lowest BCUT2D eigenvalue weighted by molar-refractivity contribution is 0.245. The molecule has 0 saturated heterocycles. The number of hydrogen-bond acceptors (Lipinski definition) is 6. The molecule has 0 fully saturated rings. The van der Waals surface area contributed by atoms with Crippen molar-refractivity contribution in [3.05, 3.63) is 48.7 Å². The van der Waals surface area contributed by atoms with Crippen LogP contribution in [0.25, 0.3) is 10.9 Å². The molecular weight excluding hydrogens is 340 g/mol. The molecule has 0 saturated carbocycles. The van der Waals surface area contributed by atoms with Gasteiger partial charge >= 0.3 is 0 Å². The molecule has 25 heavy (non-hydrogen) atoms. The molecule has 0 aliphatic heterocycles. The van der Waals surface area contributed by atoms with Crippen molar-refractivity contribution in [3.63, 3.8) is 0 Å². The van der Waals surface area contributed by atoms with Crippen LogP contribution in [0.1, 0.15) is 13.8 Å². The Hall–Kier alpha value is -2.71. The maximum absolute atomic E-state index is 11.3. The molecule has 0 bridgehead atoms. The third-order valence-electron chi connectivity index (χ3n) is 3.38. The Morgan fingerprint density at radius 3 is 2.48 bits per heavy atom. The molecule has 3 aromatic rings. The van der Waals surface area contributed by atoms with Gasteiger partial charge in [-0.3, -0.25) is 0 Å². The molecule has 1 heterocycles. The highest BCUT2D eigenvalue weighted by molar-refractivity contribution is 7.89. The van der Waals surface area contributed by atoms with Crippen molar-refractivity contribution in [1.82, 2.24) is 9.97 Å². The van der Waals surface area contributed by atoms with Gasteiger partial charge in [0, 0.05) is 17.3 Å². The number of hydrogen-bond donors (Lipinski definition) is 2. The molecule has 0 aliphatic rings. The molecule has 3 rings (SSSR count). The zero-order valence-electron chi connectivity index (χ0n) is 13.8. The first kappa shape index (κ1) is 17.1. The predicted octanol–water partition coefficient (Wildman–Crippen LogP) is 2.81. The minimum absolute atomic E-state index is 0.0303. The number of para-hydroxylation sites is 1. The van der Waals surface area contributed by atoms with E-state index in [9.17, 15) is 8.42 Å². The number of anilines is 2. The first-order valence-electron chi connectivity index (χ1n) is 7.65. The monoisotopic (exact) mass is 358 g/mol. The number of fused-ring (bicyclic) bond motifs is 1. The minimum Gasteiger partial charge on any atom is -0.489 e. The van der Waals surface area contributed by atoms with Crippen LogP contribution >= 0.6 is 0 Å². The second-order valence-corrected chi connectivity index (χ2v) is 7.31. The van der Waals surface area contributed by atoms with Crippen molar-refractivity contribution in [2.45, 2.75) is 24.8 Å². The Morgan fingerprint density at radius 2 is 1.84 bits per heavy atom. The van der Waals surface area contributed by atoms with Gasteiger partial charge in [0.2, 0.25) is 16.0 Å². The van der Waals surface area contributed by atoms with Crippen molar-refractivity contribution >= 4 is 32.6 Å². The fourth-order valence-corrected chi connectivity index (χ4v) is 2.81. The van der Waals surface area contributed by atoms with E-state index in [0.29, 0.717) is 22.9 Å². The highest BCUT2D eigenvalue weighted by atomic mass is 32.2. The molecule has 0 radical (unpaired) electrons. The van der Waals surface area contributed by atoms with E-state index < -0.39 is 10.0 Å². The standard InChI is InChI=1S/C17H18N4O3S/c1-11(2)24-15-5-3-4-12-10-19-17(21-16(12)15)20-13-6-8-14(9-7-13)25(18,22)23/h3-11H,1-2H3,(H2,18,22,23)(H,19,20,21). The fraction of sp³-hybridized carbons (Fsp3) is 0.176. The van der Waals surface area contributed by atoms with Crippen LogP contribution in [0, 0.1) is 0 Å². The molecule has 130 valence electrons. The second kappa shape index (κ2) is 6.66. The van der Waals surface area contributed by atoms with Gasteiger partial charge in [0.1, 0.15) is 11.3 Å². The summed E-state index contributed by atoms with van der Waals surface area (Å²) in [5, 5.41) is 9.00. The largest absolute Gasteiger partial charge is 0.489 e. The van der Waals surface area contributed by atoms with Gasteiger partial charge in [-0.15, -0.1) is 0 Å². The van der Waals surface area contributed by atoms with Crippen molar-refractivity contribution in [2.75, 3.05) is 5.32 Å².